The van der Waals surface area contributed by atoms with Crippen LogP contribution in [0.3, 0.4) is 0 Å². The van der Waals surface area contributed by atoms with Gasteiger partial charge in [0.25, 0.3) is 0 Å². The minimum atomic E-state index is 0.708. The first-order valence-electron chi connectivity index (χ1n) is 5.63. The third-order valence-corrected chi connectivity index (χ3v) is 2.58. The van der Waals surface area contributed by atoms with E-state index < -0.39 is 0 Å². The fraction of sp³-hybridized carbons (Fsp3) is 0.538. The van der Waals surface area contributed by atoms with Gasteiger partial charge in [-0.15, -0.1) is 11.6 Å². The van der Waals surface area contributed by atoms with E-state index in [1.807, 2.05) is 12.1 Å². The lowest BCUT2D eigenvalue weighted by molar-refractivity contribution is 0.202. The van der Waals surface area contributed by atoms with E-state index in [2.05, 4.69) is 12.1 Å². The Morgan fingerprint density at radius 2 is 1.81 bits per heavy atom. The second kappa shape index (κ2) is 8.43. The summed E-state index contributed by atoms with van der Waals surface area (Å²) < 4.78 is 10.6. The number of alkyl halides is 1. The maximum absolute atomic E-state index is 5.59. The van der Waals surface area contributed by atoms with Crippen LogP contribution >= 0.6 is 11.6 Å². The zero-order valence-electron chi connectivity index (χ0n) is 9.75. The lowest BCUT2D eigenvalue weighted by Crippen LogP contribution is -1.98. The molecule has 0 unspecified atom stereocenters. The van der Waals surface area contributed by atoms with Crippen molar-refractivity contribution in [2.45, 2.75) is 19.3 Å². The van der Waals surface area contributed by atoms with Gasteiger partial charge in [-0.1, -0.05) is 12.1 Å². The predicted molar refractivity (Wildman–Crippen MR) is 67.5 cm³/mol. The third-order valence-electron chi connectivity index (χ3n) is 2.31. The molecule has 0 fully saturated rings. The van der Waals surface area contributed by atoms with Crippen LogP contribution < -0.4 is 4.74 Å². The summed E-state index contributed by atoms with van der Waals surface area (Å²) in [5.74, 6) is 1.63. The molecule has 0 N–H and O–H groups in total. The maximum atomic E-state index is 5.59. The molecule has 1 aromatic carbocycles. The Morgan fingerprint density at radius 1 is 1.06 bits per heavy atom. The van der Waals surface area contributed by atoms with Gasteiger partial charge in [-0.05, 0) is 37.0 Å². The molecule has 90 valence electrons. The summed E-state index contributed by atoms with van der Waals surface area (Å²) >= 11 is 5.59. The maximum Gasteiger partial charge on any atom is 0.119 e. The van der Waals surface area contributed by atoms with Crippen LogP contribution in [-0.2, 0) is 11.2 Å². The summed E-state index contributed by atoms with van der Waals surface area (Å²) in [5.41, 5.74) is 1.27. The van der Waals surface area contributed by atoms with Crippen LogP contribution in [0.2, 0.25) is 0 Å². The Morgan fingerprint density at radius 3 is 2.44 bits per heavy atom. The van der Waals surface area contributed by atoms with E-state index in [-0.39, 0.29) is 0 Å². The minimum absolute atomic E-state index is 0.708. The first-order chi connectivity index (χ1) is 7.86. The summed E-state index contributed by atoms with van der Waals surface area (Å²) in [6.45, 7) is 1.50. The van der Waals surface area contributed by atoms with Gasteiger partial charge < -0.3 is 9.47 Å². The third kappa shape index (κ3) is 5.38. The van der Waals surface area contributed by atoms with Gasteiger partial charge in [0.05, 0.1) is 13.2 Å². The average Bonchev–Trinajstić information content (AvgIpc) is 2.33. The van der Waals surface area contributed by atoms with Crippen molar-refractivity contribution in [1.82, 2.24) is 0 Å². The minimum Gasteiger partial charge on any atom is -0.494 e. The van der Waals surface area contributed by atoms with E-state index in [9.17, 15) is 0 Å². The Balaban J connectivity index is 2.27. The Bertz CT molecular complexity index is 272. The zero-order valence-corrected chi connectivity index (χ0v) is 10.5. The lowest BCUT2D eigenvalue weighted by atomic mass is 10.1. The molecule has 0 radical (unpaired) electrons. The highest BCUT2D eigenvalue weighted by Crippen LogP contribution is 2.13. The van der Waals surface area contributed by atoms with Gasteiger partial charge in [0.1, 0.15) is 5.75 Å². The Labute approximate surface area is 103 Å². The molecule has 0 spiro atoms. The van der Waals surface area contributed by atoms with E-state index in [1.54, 1.807) is 7.11 Å². The monoisotopic (exact) mass is 242 g/mol. The van der Waals surface area contributed by atoms with Crippen LogP contribution in [-0.4, -0.2) is 26.2 Å². The first-order valence-corrected chi connectivity index (χ1v) is 6.17. The van der Waals surface area contributed by atoms with Crippen molar-refractivity contribution in [1.29, 1.82) is 0 Å². The molecule has 0 aromatic heterocycles. The zero-order chi connectivity index (χ0) is 11.6. The number of rotatable bonds is 8. The first kappa shape index (κ1) is 13.3. The summed E-state index contributed by atoms with van der Waals surface area (Å²) in [5, 5.41) is 0. The normalized spacial score (nSPS) is 10.4. The fourth-order valence-electron chi connectivity index (χ4n) is 1.36. The molecule has 1 rings (SSSR count). The van der Waals surface area contributed by atoms with Crippen molar-refractivity contribution in [3.05, 3.63) is 29.8 Å². The molecular weight excluding hydrogens is 224 g/mol. The summed E-state index contributed by atoms with van der Waals surface area (Å²) in [4.78, 5) is 0. The van der Waals surface area contributed by atoms with Crippen LogP contribution in [0.15, 0.2) is 24.3 Å². The van der Waals surface area contributed by atoms with E-state index in [4.69, 9.17) is 21.1 Å². The molecule has 2 nitrogen and oxygen atoms in total. The average molecular weight is 243 g/mol. The SMILES string of the molecule is COCCc1ccc(OCCCCCl)cc1. The van der Waals surface area contributed by atoms with E-state index >= 15 is 0 Å². The molecular formula is C13H19ClO2. The number of methoxy groups -OCH3 is 1. The highest BCUT2D eigenvalue weighted by Gasteiger charge is 1.95. The van der Waals surface area contributed by atoms with Gasteiger partial charge >= 0.3 is 0 Å². The number of hydrogen-bond donors (Lipinski definition) is 0. The molecule has 0 heterocycles. The van der Waals surface area contributed by atoms with Crippen LogP contribution in [0.4, 0.5) is 0 Å². The summed E-state index contributed by atoms with van der Waals surface area (Å²) in [6.07, 6.45) is 2.96. The van der Waals surface area contributed by atoms with Crippen LogP contribution in [0, 0.1) is 0 Å². The van der Waals surface area contributed by atoms with E-state index in [0.717, 1.165) is 38.2 Å². The van der Waals surface area contributed by atoms with Gasteiger partial charge in [0, 0.05) is 13.0 Å². The number of hydrogen-bond acceptors (Lipinski definition) is 2. The summed E-state index contributed by atoms with van der Waals surface area (Å²) in [6, 6.07) is 8.17. The molecule has 1 aromatic rings. The highest BCUT2D eigenvalue weighted by molar-refractivity contribution is 6.17. The fourth-order valence-corrected chi connectivity index (χ4v) is 1.55. The van der Waals surface area contributed by atoms with Crippen molar-refractivity contribution in [2.75, 3.05) is 26.2 Å². The number of benzene rings is 1. The molecule has 0 amide bonds. The topological polar surface area (TPSA) is 18.5 Å². The Kier molecular flexibility index (Phi) is 7.02. The second-order valence-electron chi connectivity index (χ2n) is 3.63. The van der Waals surface area contributed by atoms with Crippen molar-refractivity contribution < 1.29 is 9.47 Å². The lowest BCUT2D eigenvalue weighted by Gasteiger charge is -2.06. The van der Waals surface area contributed by atoms with Crippen molar-refractivity contribution in [3.8, 4) is 5.75 Å². The van der Waals surface area contributed by atoms with Gasteiger partial charge in [-0.25, -0.2) is 0 Å². The standard InChI is InChI=1S/C13H19ClO2/c1-15-11-8-12-4-6-13(7-5-12)16-10-3-2-9-14/h4-7H,2-3,8-11H2,1H3. The smallest absolute Gasteiger partial charge is 0.119 e. The van der Waals surface area contributed by atoms with Crippen molar-refractivity contribution in [2.24, 2.45) is 0 Å². The van der Waals surface area contributed by atoms with E-state index in [0.29, 0.717) is 5.88 Å². The Hall–Kier alpha value is -0.730. The molecule has 3 heteroatoms. The molecule has 0 aliphatic rings. The largest absolute Gasteiger partial charge is 0.494 e. The predicted octanol–water partition coefficient (Wildman–Crippen LogP) is 3.27. The van der Waals surface area contributed by atoms with Crippen molar-refractivity contribution >= 4 is 11.6 Å². The van der Waals surface area contributed by atoms with Crippen LogP contribution in [0.5, 0.6) is 5.75 Å². The molecule has 0 bridgehead atoms. The molecule has 0 saturated carbocycles. The van der Waals surface area contributed by atoms with Crippen molar-refractivity contribution in [3.63, 3.8) is 0 Å². The van der Waals surface area contributed by atoms with Gasteiger partial charge in [-0.2, -0.15) is 0 Å². The number of halogens is 1. The molecule has 0 atom stereocenters. The number of ether oxygens (including phenoxy) is 2. The molecule has 0 aliphatic carbocycles. The highest BCUT2D eigenvalue weighted by atomic mass is 35.5. The van der Waals surface area contributed by atoms with Crippen LogP contribution in [0.25, 0.3) is 0 Å². The number of unbranched alkanes of at least 4 members (excludes halogenated alkanes) is 1. The van der Waals surface area contributed by atoms with Gasteiger partial charge in [0.2, 0.25) is 0 Å². The summed E-state index contributed by atoms with van der Waals surface area (Å²) in [7, 11) is 1.72. The quantitative estimate of drug-likeness (QED) is 0.515. The molecule has 0 saturated heterocycles. The van der Waals surface area contributed by atoms with E-state index in [1.165, 1.54) is 5.56 Å². The molecule has 0 aliphatic heterocycles. The van der Waals surface area contributed by atoms with Gasteiger partial charge in [0.15, 0.2) is 0 Å². The molecule has 16 heavy (non-hydrogen) atoms. The van der Waals surface area contributed by atoms with Crippen LogP contribution in [0.1, 0.15) is 18.4 Å². The van der Waals surface area contributed by atoms with Gasteiger partial charge in [-0.3, -0.25) is 0 Å². The second-order valence-corrected chi connectivity index (χ2v) is 4.01.